The molecule has 0 aliphatic heterocycles. The number of nitrogens with two attached hydrogens (primary N) is 1. The molecule has 0 unspecified atom stereocenters. The third kappa shape index (κ3) is 3.47. The van der Waals surface area contributed by atoms with Gasteiger partial charge in [-0.3, -0.25) is 0 Å². The minimum absolute atomic E-state index is 0.227. The first-order valence-corrected chi connectivity index (χ1v) is 7.48. The molecule has 0 spiro atoms. The zero-order chi connectivity index (χ0) is 14.7. The molecule has 0 aliphatic carbocycles. The van der Waals surface area contributed by atoms with E-state index in [1.807, 2.05) is 0 Å². The topological polar surface area (TPSA) is 57.4 Å². The summed E-state index contributed by atoms with van der Waals surface area (Å²) in [6.45, 7) is 0. The maximum Gasteiger partial charge on any atom is 0.219 e. The zero-order valence-electron chi connectivity index (χ0n) is 10.4. The SMILES string of the molecule is COc1cc(Br)c(Oc2cccc(C(N)=S)n2)cc1Br. The fourth-order valence-electron chi connectivity index (χ4n) is 1.47. The molecule has 2 N–H and O–H groups in total. The first-order valence-electron chi connectivity index (χ1n) is 5.49. The van der Waals surface area contributed by atoms with E-state index in [0.717, 1.165) is 8.95 Å². The van der Waals surface area contributed by atoms with E-state index in [4.69, 9.17) is 27.4 Å². The zero-order valence-corrected chi connectivity index (χ0v) is 14.4. The Morgan fingerprint density at radius 1 is 1.20 bits per heavy atom. The number of nitrogens with zero attached hydrogens (tertiary/aromatic N) is 1. The third-order valence-corrected chi connectivity index (χ3v) is 3.85. The molecule has 1 aromatic carbocycles. The van der Waals surface area contributed by atoms with Gasteiger partial charge in [0.05, 0.1) is 16.1 Å². The van der Waals surface area contributed by atoms with E-state index in [-0.39, 0.29) is 4.99 Å². The van der Waals surface area contributed by atoms with Gasteiger partial charge < -0.3 is 15.2 Å². The molecule has 0 saturated carbocycles. The van der Waals surface area contributed by atoms with Crippen LogP contribution in [0.25, 0.3) is 0 Å². The smallest absolute Gasteiger partial charge is 0.219 e. The van der Waals surface area contributed by atoms with Gasteiger partial charge in [0, 0.05) is 6.07 Å². The molecule has 0 atom stereocenters. The van der Waals surface area contributed by atoms with E-state index < -0.39 is 0 Å². The Bertz CT molecular complexity index is 665. The summed E-state index contributed by atoms with van der Waals surface area (Å²) in [6.07, 6.45) is 0. The van der Waals surface area contributed by atoms with Crippen LogP contribution < -0.4 is 15.2 Å². The van der Waals surface area contributed by atoms with Crippen LogP contribution in [0.15, 0.2) is 39.3 Å². The first-order chi connectivity index (χ1) is 9.51. The van der Waals surface area contributed by atoms with Crippen LogP contribution in [0.4, 0.5) is 0 Å². The molecule has 104 valence electrons. The van der Waals surface area contributed by atoms with Crippen molar-refractivity contribution in [3.05, 3.63) is 45.0 Å². The van der Waals surface area contributed by atoms with Gasteiger partial charge in [0.1, 0.15) is 22.2 Å². The van der Waals surface area contributed by atoms with Gasteiger partial charge in [-0.15, -0.1) is 0 Å². The van der Waals surface area contributed by atoms with E-state index in [1.54, 1.807) is 37.4 Å². The van der Waals surface area contributed by atoms with E-state index >= 15 is 0 Å². The number of ether oxygens (including phenoxy) is 2. The predicted molar refractivity (Wildman–Crippen MR) is 88.6 cm³/mol. The minimum atomic E-state index is 0.227. The highest BCUT2D eigenvalue weighted by molar-refractivity contribution is 9.11. The molecule has 0 aliphatic rings. The summed E-state index contributed by atoms with van der Waals surface area (Å²) in [7, 11) is 1.60. The Hall–Kier alpha value is -1.18. The average Bonchev–Trinajstić information content (AvgIpc) is 2.42. The van der Waals surface area contributed by atoms with Crippen molar-refractivity contribution in [2.75, 3.05) is 7.11 Å². The lowest BCUT2D eigenvalue weighted by molar-refractivity contribution is 0.408. The number of benzene rings is 1. The van der Waals surface area contributed by atoms with Gasteiger partial charge in [-0.1, -0.05) is 18.3 Å². The Balaban J connectivity index is 2.32. The summed E-state index contributed by atoms with van der Waals surface area (Å²) in [4.78, 5) is 4.45. The van der Waals surface area contributed by atoms with Crippen LogP contribution in [0.3, 0.4) is 0 Å². The first kappa shape index (κ1) is 15.2. The van der Waals surface area contributed by atoms with Gasteiger partial charge in [-0.2, -0.15) is 0 Å². The van der Waals surface area contributed by atoms with Crippen LogP contribution >= 0.6 is 44.1 Å². The number of halogens is 2. The molecular formula is C13H10Br2N2O2S. The van der Waals surface area contributed by atoms with Crippen molar-refractivity contribution < 1.29 is 9.47 Å². The van der Waals surface area contributed by atoms with Gasteiger partial charge >= 0.3 is 0 Å². The standard InChI is InChI=1S/C13H10Br2N2O2S/c1-18-10-5-8(15)11(6-7(10)14)19-12-4-2-3-9(17-12)13(16)20/h2-6H,1H3,(H2,16,20). The normalized spacial score (nSPS) is 10.2. The summed E-state index contributed by atoms with van der Waals surface area (Å²) < 4.78 is 12.5. The van der Waals surface area contributed by atoms with E-state index in [0.29, 0.717) is 23.1 Å². The molecule has 1 heterocycles. The van der Waals surface area contributed by atoms with Crippen molar-refractivity contribution in [1.29, 1.82) is 0 Å². The molecule has 7 heteroatoms. The molecule has 0 radical (unpaired) electrons. The van der Waals surface area contributed by atoms with Crippen molar-refractivity contribution in [1.82, 2.24) is 4.98 Å². The van der Waals surface area contributed by atoms with Crippen molar-refractivity contribution in [2.24, 2.45) is 5.73 Å². The average molecular weight is 418 g/mol. The molecule has 0 saturated heterocycles. The van der Waals surface area contributed by atoms with Gasteiger partial charge in [-0.25, -0.2) is 4.98 Å². The summed E-state index contributed by atoms with van der Waals surface area (Å²) in [5.41, 5.74) is 6.06. The lowest BCUT2D eigenvalue weighted by Gasteiger charge is -2.10. The lowest BCUT2D eigenvalue weighted by atomic mass is 10.3. The summed E-state index contributed by atoms with van der Waals surface area (Å²) in [6, 6.07) is 8.83. The molecule has 0 fully saturated rings. The van der Waals surface area contributed by atoms with Gasteiger partial charge in [0.25, 0.3) is 0 Å². The number of methoxy groups -OCH3 is 1. The van der Waals surface area contributed by atoms with Crippen molar-refractivity contribution >= 4 is 49.1 Å². The fourth-order valence-corrected chi connectivity index (χ4v) is 2.47. The van der Waals surface area contributed by atoms with Crippen LogP contribution in [0.2, 0.25) is 0 Å². The van der Waals surface area contributed by atoms with Crippen LogP contribution in [0.5, 0.6) is 17.4 Å². The molecule has 1 aromatic heterocycles. The van der Waals surface area contributed by atoms with E-state index in [1.165, 1.54) is 0 Å². The van der Waals surface area contributed by atoms with Crippen LogP contribution in [-0.2, 0) is 0 Å². The maximum atomic E-state index is 5.72. The van der Waals surface area contributed by atoms with Gasteiger partial charge in [0.15, 0.2) is 0 Å². The minimum Gasteiger partial charge on any atom is -0.496 e. The highest BCUT2D eigenvalue weighted by atomic mass is 79.9. The molecule has 2 aromatic rings. The Kier molecular flexibility index (Phi) is 4.95. The van der Waals surface area contributed by atoms with Crippen molar-refractivity contribution in [3.8, 4) is 17.4 Å². The van der Waals surface area contributed by atoms with Crippen molar-refractivity contribution in [3.63, 3.8) is 0 Å². The molecule has 4 nitrogen and oxygen atoms in total. The van der Waals surface area contributed by atoms with Crippen molar-refractivity contribution in [2.45, 2.75) is 0 Å². The quantitative estimate of drug-likeness (QED) is 0.760. The van der Waals surface area contributed by atoms with E-state index in [9.17, 15) is 0 Å². The Labute approximate surface area is 138 Å². The maximum absolute atomic E-state index is 5.72. The molecular weight excluding hydrogens is 408 g/mol. The highest BCUT2D eigenvalue weighted by Crippen LogP contribution is 2.37. The Morgan fingerprint density at radius 2 is 1.85 bits per heavy atom. The van der Waals surface area contributed by atoms with Crippen LogP contribution in [-0.4, -0.2) is 17.1 Å². The fraction of sp³-hybridized carbons (Fsp3) is 0.0769. The molecule has 20 heavy (non-hydrogen) atoms. The highest BCUT2D eigenvalue weighted by Gasteiger charge is 2.10. The summed E-state index contributed by atoms with van der Waals surface area (Å²) >= 11 is 11.7. The molecule has 0 amide bonds. The lowest BCUT2D eigenvalue weighted by Crippen LogP contribution is -2.11. The van der Waals surface area contributed by atoms with E-state index in [2.05, 4.69) is 36.8 Å². The monoisotopic (exact) mass is 416 g/mol. The van der Waals surface area contributed by atoms with Crippen LogP contribution in [0, 0.1) is 0 Å². The molecule has 0 bridgehead atoms. The number of thiocarbonyl (C=S) groups is 1. The molecule has 2 rings (SSSR count). The predicted octanol–water partition coefficient (Wildman–Crippen LogP) is 4.04. The third-order valence-electron chi connectivity index (χ3n) is 2.40. The van der Waals surface area contributed by atoms with Gasteiger partial charge in [0.2, 0.25) is 5.88 Å². The summed E-state index contributed by atoms with van der Waals surface area (Å²) in [5.74, 6) is 1.72. The van der Waals surface area contributed by atoms with Crippen LogP contribution in [0.1, 0.15) is 5.69 Å². The number of rotatable bonds is 4. The second-order valence-corrected chi connectivity index (χ2v) is 5.89. The summed E-state index contributed by atoms with van der Waals surface area (Å²) in [5, 5.41) is 0. The van der Waals surface area contributed by atoms with Gasteiger partial charge in [-0.05, 0) is 50.1 Å². The second kappa shape index (κ2) is 6.51. The number of pyridine rings is 1. The number of hydrogen-bond acceptors (Lipinski definition) is 4. The largest absolute Gasteiger partial charge is 0.496 e. The number of aromatic nitrogens is 1. The Morgan fingerprint density at radius 3 is 2.50 bits per heavy atom. The number of hydrogen-bond donors (Lipinski definition) is 1. The second-order valence-electron chi connectivity index (χ2n) is 3.74.